The molecule has 0 aliphatic carbocycles. The fourth-order valence-electron chi connectivity index (χ4n) is 1.81. The minimum atomic E-state index is -0.0614. The Morgan fingerprint density at radius 1 is 0.952 bits per heavy atom. The molecule has 2 aromatic carbocycles. The van der Waals surface area contributed by atoms with Crippen molar-refractivity contribution in [3.05, 3.63) is 52.5 Å². The molecule has 0 bridgehead atoms. The SMILES string of the molecule is COc1ccc(OCCOc2c(Br)cccc2CO)cc1. The molecule has 0 fully saturated rings. The molecule has 0 spiro atoms. The summed E-state index contributed by atoms with van der Waals surface area (Å²) in [6, 6.07) is 12.9. The monoisotopic (exact) mass is 352 g/mol. The summed E-state index contributed by atoms with van der Waals surface area (Å²) in [7, 11) is 1.63. The fraction of sp³-hybridized carbons (Fsp3) is 0.250. The summed E-state index contributed by atoms with van der Waals surface area (Å²) in [5, 5.41) is 9.28. The Kier molecular flexibility index (Phi) is 5.90. The highest BCUT2D eigenvalue weighted by atomic mass is 79.9. The molecule has 0 radical (unpaired) electrons. The van der Waals surface area contributed by atoms with E-state index in [0.717, 1.165) is 21.5 Å². The predicted octanol–water partition coefficient (Wildman–Crippen LogP) is 3.41. The Bertz CT molecular complexity index is 569. The lowest BCUT2D eigenvalue weighted by atomic mass is 10.2. The Balaban J connectivity index is 1.84. The lowest BCUT2D eigenvalue weighted by molar-refractivity contribution is 0.209. The van der Waals surface area contributed by atoms with Crippen LogP contribution in [0.25, 0.3) is 0 Å². The summed E-state index contributed by atoms with van der Waals surface area (Å²) >= 11 is 3.41. The maximum atomic E-state index is 9.28. The summed E-state index contributed by atoms with van der Waals surface area (Å²) in [5.41, 5.74) is 0.744. The van der Waals surface area contributed by atoms with Crippen molar-refractivity contribution in [3.63, 3.8) is 0 Å². The van der Waals surface area contributed by atoms with E-state index in [4.69, 9.17) is 14.2 Å². The lowest BCUT2D eigenvalue weighted by Crippen LogP contribution is -2.10. The molecule has 0 aliphatic rings. The summed E-state index contributed by atoms with van der Waals surface area (Å²) in [4.78, 5) is 0. The van der Waals surface area contributed by atoms with Crippen LogP contribution in [-0.2, 0) is 6.61 Å². The van der Waals surface area contributed by atoms with Crippen LogP contribution in [0.5, 0.6) is 17.2 Å². The number of rotatable bonds is 7. The third-order valence-electron chi connectivity index (χ3n) is 2.88. The second-order valence-electron chi connectivity index (χ2n) is 4.26. The van der Waals surface area contributed by atoms with E-state index in [1.54, 1.807) is 7.11 Å². The normalized spacial score (nSPS) is 10.2. The largest absolute Gasteiger partial charge is 0.497 e. The van der Waals surface area contributed by atoms with Crippen molar-refractivity contribution in [1.82, 2.24) is 0 Å². The third kappa shape index (κ3) is 4.37. The van der Waals surface area contributed by atoms with Gasteiger partial charge >= 0.3 is 0 Å². The van der Waals surface area contributed by atoms with Crippen molar-refractivity contribution in [2.75, 3.05) is 20.3 Å². The van der Waals surface area contributed by atoms with E-state index >= 15 is 0 Å². The summed E-state index contributed by atoms with van der Waals surface area (Å²) in [6.45, 7) is 0.744. The zero-order valence-electron chi connectivity index (χ0n) is 11.7. The van der Waals surface area contributed by atoms with Crippen molar-refractivity contribution < 1.29 is 19.3 Å². The van der Waals surface area contributed by atoms with E-state index in [2.05, 4.69) is 15.9 Å². The van der Waals surface area contributed by atoms with E-state index in [9.17, 15) is 5.11 Å². The number of methoxy groups -OCH3 is 1. The summed E-state index contributed by atoms with van der Waals surface area (Å²) < 4.78 is 17.2. The van der Waals surface area contributed by atoms with Gasteiger partial charge in [0.15, 0.2) is 0 Å². The van der Waals surface area contributed by atoms with Crippen LogP contribution in [0.1, 0.15) is 5.56 Å². The highest BCUT2D eigenvalue weighted by molar-refractivity contribution is 9.10. The minimum absolute atomic E-state index is 0.0614. The number of hydrogen-bond acceptors (Lipinski definition) is 4. The molecule has 2 rings (SSSR count). The zero-order chi connectivity index (χ0) is 15.1. The first-order valence-electron chi connectivity index (χ1n) is 6.52. The second kappa shape index (κ2) is 7.90. The van der Waals surface area contributed by atoms with Crippen LogP contribution in [0.3, 0.4) is 0 Å². The molecular formula is C16H17BrO4. The van der Waals surface area contributed by atoms with Gasteiger partial charge in [0.25, 0.3) is 0 Å². The van der Waals surface area contributed by atoms with Crippen LogP contribution in [0.4, 0.5) is 0 Å². The first-order chi connectivity index (χ1) is 10.2. The van der Waals surface area contributed by atoms with Crippen LogP contribution in [0.2, 0.25) is 0 Å². The molecule has 0 unspecified atom stereocenters. The molecule has 1 N–H and O–H groups in total. The zero-order valence-corrected chi connectivity index (χ0v) is 13.3. The first kappa shape index (κ1) is 15.7. The minimum Gasteiger partial charge on any atom is -0.497 e. The first-order valence-corrected chi connectivity index (χ1v) is 7.32. The maximum absolute atomic E-state index is 9.28. The number of aliphatic hydroxyl groups excluding tert-OH is 1. The van der Waals surface area contributed by atoms with Crippen LogP contribution < -0.4 is 14.2 Å². The Morgan fingerprint density at radius 3 is 2.29 bits per heavy atom. The molecule has 0 atom stereocenters. The number of aliphatic hydroxyl groups is 1. The molecule has 4 nitrogen and oxygen atoms in total. The van der Waals surface area contributed by atoms with Crippen LogP contribution in [-0.4, -0.2) is 25.4 Å². The van der Waals surface area contributed by atoms with Gasteiger partial charge in [-0.3, -0.25) is 0 Å². The van der Waals surface area contributed by atoms with E-state index in [0.29, 0.717) is 19.0 Å². The van der Waals surface area contributed by atoms with Gasteiger partial charge in [-0.25, -0.2) is 0 Å². The van der Waals surface area contributed by atoms with Gasteiger partial charge in [0.1, 0.15) is 30.5 Å². The predicted molar refractivity (Wildman–Crippen MR) is 84.0 cm³/mol. The van der Waals surface area contributed by atoms with Gasteiger partial charge in [-0.05, 0) is 46.3 Å². The van der Waals surface area contributed by atoms with Crippen molar-refractivity contribution in [2.24, 2.45) is 0 Å². The molecule has 2 aromatic rings. The van der Waals surface area contributed by atoms with Crippen molar-refractivity contribution in [1.29, 1.82) is 0 Å². The average Bonchev–Trinajstić information content (AvgIpc) is 2.53. The molecule has 0 aromatic heterocycles. The van der Waals surface area contributed by atoms with Crippen molar-refractivity contribution in [3.8, 4) is 17.2 Å². The number of hydrogen-bond donors (Lipinski definition) is 1. The van der Waals surface area contributed by atoms with Gasteiger partial charge in [-0.1, -0.05) is 12.1 Å². The molecule has 0 aliphatic heterocycles. The summed E-state index contributed by atoms with van der Waals surface area (Å²) in [6.07, 6.45) is 0. The van der Waals surface area contributed by atoms with E-state index in [1.807, 2.05) is 42.5 Å². The van der Waals surface area contributed by atoms with E-state index in [1.165, 1.54) is 0 Å². The second-order valence-corrected chi connectivity index (χ2v) is 5.11. The Labute approximate surface area is 132 Å². The highest BCUT2D eigenvalue weighted by Gasteiger charge is 2.07. The Morgan fingerprint density at radius 2 is 1.62 bits per heavy atom. The van der Waals surface area contributed by atoms with Gasteiger partial charge in [0, 0.05) is 5.56 Å². The third-order valence-corrected chi connectivity index (χ3v) is 3.50. The maximum Gasteiger partial charge on any atom is 0.139 e. The molecule has 112 valence electrons. The molecule has 0 heterocycles. The van der Waals surface area contributed by atoms with Crippen LogP contribution >= 0.6 is 15.9 Å². The van der Waals surface area contributed by atoms with E-state index in [-0.39, 0.29) is 6.61 Å². The van der Waals surface area contributed by atoms with Crippen LogP contribution in [0.15, 0.2) is 46.9 Å². The topological polar surface area (TPSA) is 47.9 Å². The number of benzene rings is 2. The average molecular weight is 353 g/mol. The van der Waals surface area contributed by atoms with Crippen molar-refractivity contribution >= 4 is 15.9 Å². The molecule has 21 heavy (non-hydrogen) atoms. The fourth-order valence-corrected chi connectivity index (χ4v) is 2.34. The summed E-state index contributed by atoms with van der Waals surface area (Å²) in [5.74, 6) is 2.20. The number of para-hydroxylation sites is 1. The molecule has 0 amide bonds. The van der Waals surface area contributed by atoms with Gasteiger partial charge < -0.3 is 19.3 Å². The molecule has 5 heteroatoms. The smallest absolute Gasteiger partial charge is 0.139 e. The number of ether oxygens (including phenoxy) is 3. The molecule has 0 saturated carbocycles. The van der Waals surface area contributed by atoms with Gasteiger partial charge in [0.05, 0.1) is 18.2 Å². The van der Waals surface area contributed by atoms with Gasteiger partial charge in [0.2, 0.25) is 0 Å². The lowest BCUT2D eigenvalue weighted by Gasteiger charge is -2.12. The van der Waals surface area contributed by atoms with Gasteiger partial charge in [-0.2, -0.15) is 0 Å². The highest BCUT2D eigenvalue weighted by Crippen LogP contribution is 2.29. The van der Waals surface area contributed by atoms with E-state index < -0.39 is 0 Å². The molecule has 0 saturated heterocycles. The van der Waals surface area contributed by atoms with Crippen molar-refractivity contribution in [2.45, 2.75) is 6.61 Å². The van der Waals surface area contributed by atoms with Crippen LogP contribution in [0, 0.1) is 0 Å². The number of halogens is 1. The molecular weight excluding hydrogens is 336 g/mol. The van der Waals surface area contributed by atoms with Gasteiger partial charge in [-0.15, -0.1) is 0 Å². The Hall–Kier alpha value is -1.72. The standard InChI is InChI=1S/C16H17BrO4/c1-19-13-5-7-14(8-6-13)20-9-10-21-16-12(11-18)3-2-4-15(16)17/h2-8,18H,9-11H2,1H3. The quantitative estimate of drug-likeness (QED) is 0.775.